The van der Waals surface area contributed by atoms with Crippen molar-refractivity contribution in [2.24, 2.45) is 0 Å². The van der Waals surface area contributed by atoms with E-state index in [4.69, 9.17) is 0 Å². The maximum atomic E-state index is 12.3. The van der Waals surface area contributed by atoms with Gasteiger partial charge in [0.2, 0.25) is 5.91 Å². The van der Waals surface area contributed by atoms with Crippen LogP contribution >= 0.6 is 22.7 Å². The lowest BCUT2D eigenvalue weighted by Gasteiger charge is -2.14. The molecule has 0 saturated carbocycles. The Hall–Kier alpha value is -2.52. The second-order valence-electron chi connectivity index (χ2n) is 6.00. The van der Waals surface area contributed by atoms with Crippen LogP contribution in [0.3, 0.4) is 0 Å². The van der Waals surface area contributed by atoms with Crippen LogP contribution in [0.5, 0.6) is 0 Å². The Morgan fingerprint density at radius 1 is 1.12 bits per heavy atom. The second-order valence-corrected chi connectivity index (χ2v) is 8.01. The Labute approximate surface area is 159 Å². The van der Waals surface area contributed by atoms with Crippen LogP contribution < -0.4 is 10.2 Å². The highest BCUT2D eigenvalue weighted by atomic mass is 32.1. The highest BCUT2D eigenvalue weighted by Gasteiger charge is 2.19. The number of carbonyl (C=O) groups excluding carboxylic acids is 2. The molecule has 0 aliphatic heterocycles. The summed E-state index contributed by atoms with van der Waals surface area (Å²) >= 11 is 2.72. The molecule has 0 fully saturated rings. The Balaban J connectivity index is 1.67. The molecule has 3 rings (SSSR count). The van der Waals surface area contributed by atoms with Crippen molar-refractivity contribution in [3.8, 4) is 0 Å². The first kappa shape index (κ1) is 18.3. The van der Waals surface area contributed by atoms with Crippen LogP contribution in [0.15, 0.2) is 24.3 Å². The van der Waals surface area contributed by atoms with Crippen LogP contribution in [0.1, 0.15) is 15.4 Å². The number of aryl methyl sites for hydroxylation is 1. The fourth-order valence-electron chi connectivity index (χ4n) is 2.32. The summed E-state index contributed by atoms with van der Waals surface area (Å²) in [6.07, 6.45) is 0. The van der Waals surface area contributed by atoms with Crippen LogP contribution in [0.2, 0.25) is 0 Å². The number of fused-ring (bicyclic) bond motifs is 1. The predicted octanol–water partition coefficient (Wildman–Crippen LogP) is 2.84. The number of hydrogen-bond acceptors (Lipinski definition) is 7. The van der Waals surface area contributed by atoms with Crippen LogP contribution in [0.4, 0.5) is 10.3 Å². The summed E-state index contributed by atoms with van der Waals surface area (Å²) in [4.78, 5) is 37.0. The Bertz CT molecular complexity index is 930. The maximum absolute atomic E-state index is 12.3. The van der Waals surface area contributed by atoms with Crippen molar-refractivity contribution in [1.82, 2.24) is 14.9 Å². The number of anilines is 2. The fourth-order valence-corrected chi connectivity index (χ4v) is 4.25. The van der Waals surface area contributed by atoms with Gasteiger partial charge < -0.3 is 15.1 Å². The summed E-state index contributed by atoms with van der Waals surface area (Å²) < 4.78 is 1.08. The Morgan fingerprint density at radius 3 is 2.54 bits per heavy atom. The largest absolute Gasteiger partial charge is 0.344 e. The van der Waals surface area contributed by atoms with Crippen molar-refractivity contribution in [3.05, 3.63) is 34.8 Å². The van der Waals surface area contributed by atoms with Crippen LogP contribution in [-0.2, 0) is 4.79 Å². The van der Waals surface area contributed by atoms with E-state index < -0.39 is 0 Å². The highest BCUT2D eigenvalue weighted by Crippen LogP contribution is 2.28. The summed E-state index contributed by atoms with van der Waals surface area (Å²) in [6, 6.07) is 7.86. The Morgan fingerprint density at radius 2 is 1.85 bits per heavy atom. The fraction of sp³-hybridized carbons (Fsp3) is 0.294. The number of hydrogen-bond donors (Lipinski definition) is 1. The van der Waals surface area contributed by atoms with Crippen molar-refractivity contribution in [2.75, 3.05) is 37.9 Å². The molecule has 1 N–H and O–H groups in total. The lowest BCUT2D eigenvalue weighted by Crippen LogP contribution is -2.29. The normalized spacial score (nSPS) is 10.8. The molecule has 0 aliphatic carbocycles. The molecular formula is C17H19N5O2S2. The molecule has 9 heteroatoms. The number of benzene rings is 1. The van der Waals surface area contributed by atoms with Gasteiger partial charge >= 0.3 is 0 Å². The van der Waals surface area contributed by atoms with Gasteiger partial charge in [0.1, 0.15) is 4.88 Å². The number of nitrogens with one attached hydrogen (secondary N) is 1. The number of aromatic nitrogens is 2. The molecule has 0 spiro atoms. The molecule has 3 aromatic rings. The van der Waals surface area contributed by atoms with E-state index in [0.717, 1.165) is 15.3 Å². The molecule has 2 amide bonds. The van der Waals surface area contributed by atoms with E-state index in [-0.39, 0.29) is 18.4 Å². The van der Waals surface area contributed by atoms with E-state index in [1.165, 1.54) is 27.6 Å². The number of thiazole rings is 2. The Kier molecular flexibility index (Phi) is 5.19. The van der Waals surface area contributed by atoms with Crippen molar-refractivity contribution < 1.29 is 9.59 Å². The molecule has 0 unspecified atom stereocenters. The molecule has 7 nitrogen and oxygen atoms in total. The van der Waals surface area contributed by atoms with E-state index in [2.05, 4.69) is 15.3 Å². The van der Waals surface area contributed by atoms with Gasteiger partial charge in [-0.15, -0.1) is 0 Å². The standard InChI is InChI=1S/C17H19N5O2S2/c1-10-14(15(24)21(2)3)26-16(18-10)20-13(23)9-22(4)17-19-11-7-5-6-8-12(11)25-17/h5-8H,9H2,1-4H3,(H,18,20,23). The highest BCUT2D eigenvalue weighted by molar-refractivity contribution is 7.22. The van der Waals surface area contributed by atoms with Crippen molar-refractivity contribution in [2.45, 2.75) is 6.92 Å². The van der Waals surface area contributed by atoms with Crippen molar-refractivity contribution >= 4 is 55.0 Å². The van der Waals surface area contributed by atoms with Gasteiger partial charge in [-0.2, -0.15) is 0 Å². The molecule has 26 heavy (non-hydrogen) atoms. The summed E-state index contributed by atoms with van der Waals surface area (Å²) in [6.45, 7) is 1.91. The molecule has 1 aromatic carbocycles. The minimum atomic E-state index is -0.204. The first-order chi connectivity index (χ1) is 12.3. The first-order valence-corrected chi connectivity index (χ1v) is 9.54. The van der Waals surface area contributed by atoms with Gasteiger partial charge in [0.25, 0.3) is 5.91 Å². The maximum Gasteiger partial charge on any atom is 0.265 e. The molecule has 0 atom stereocenters. The van der Waals surface area contributed by atoms with E-state index in [9.17, 15) is 9.59 Å². The monoisotopic (exact) mass is 389 g/mol. The summed E-state index contributed by atoms with van der Waals surface area (Å²) in [5, 5.41) is 3.97. The molecule has 136 valence electrons. The average Bonchev–Trinajstić information content (AvgIpc) is 3.17. The molecule has 0 saturated heterocycles. The second kappa shape index (κ2) is 7.38. The van der Waals surface area contributed by atoms with Gasteiger partial charge in [-0.3, -0.25) is 9.59 Å². The van der Waals surface area contributed by atoms with E-state index in [1.807, 2.05) is 31.3 Å². The topological polar surface area (TPSA) is 78.4 Å². The third kappa shape index (κ3) is 3.83. The minimum Gasteiger partial charge on any atom is -0.344 e. The van der Waals surface area contributed by atoms with Crippen LogP contribution in [0, 0.1) is 6.92 Å². The van der Waals surface area contributed by atoms with Crippen molar-refractivity contribution in [3.63, 3.8) is 0 Å². The summed E-state index contributed by atoms with van der Waals surface area (Å²) in [5.41, 5.74) is 1.53. The summed E-state index contributed by atoms with van der Waals surface area (Å²) in [7, 11) is 5.20. The third-order valence-electron chi connectivity index (χ3n) is 3.63. The van der Waals surface area contributed by atoms with Gasteiger partial charge in [-0.05, 0) is 19.1 Å². The number of nitrogens with zero attached hydrogens (tertiary/aromatic N) is 4. The van der Waals surface area contributed by atoms with Crippen molar-refractivity contribution in [1.29, 1.82) is 0 Å². The zero-order chi connectivity index (χ0) is 18.8. The number of likely N-dealkylation sites (N-methyl/N-ethyl adjacent to an activating group) is 1. The molecule has 0 aliphatic rings. The number of para-hydroxylation sites is 1. The minimum absolute atomic E-state index is 0.118. The molecule has 2 aromatic heterocycles. The van der Waals surface area contributed by atoms with E-state index in [0.29, 0.717) is 15.7 Å². The number of rotatable bonds is 5. The lowest BCUT2D eigenvalue weighted by molar-refractivity contribution is -0.114. The van der Waals surface area contributed by atoms with E-state index in [1.54, 1.807) is 25.9 Å². The molecular weight excluding hydrogens is 370 g/mol. The first-order valence-electron chi connectivity index (χ1n) is 7.91. The van der Waals surface area contributed by atoms with Gasteiger partial charge in [0.15, 0.2) is 10.3 Å². The zero-order valence-corrected chi connectivity index (χ0v) is 16.6. The van der Waals surface area contributed by atoms with Gasteiger partial charge in [-0.1, -0.05) is 34.8 Å². The van der Waals surface area contributed by atoms with Crippen LogP contribution in [0.25, 0.3) is 10.2 Å². The predicted molar refractivity (Wildman–Crippen MR) is 106 cm³/mol. The molecule has 0 bridgehead atoms. The number of carbonyl (C=O) groups is 2. The zero-order valence-electron chi connectivity index (χ0n) is 14.9. The molecule has 0 radical (unpaired) electrons. The third-order valence-corrected chi connectivity index (χ3v) is 5.84. The van der Waals surface area contributed by atoms with Gasteiger partial charge in [0, 0.05) is 21.1 Å². The SMILES string of the molecule is Cc1nc(NC(=O)CN(C)c2nc3ccccc3s2)sc1C(=O)N(C)C. The van der Waals surface area contributed by atoms with Gasteiger partial charge in [-0.25, -0.2) is 9.97 Å². The van der Waals surface area contributed by atoms with E-state index >= 15 is 0 Å². The summed E-state index contributed by atoms with van der Waals surface area (Å²) in [5.74, 6) is -0.323. The average molecular weight is 390 g/mol. The molecule has 2 heterocycles. The lowest BCUT2D eigenvalue weighted by atomic mass is 10.3. The quantitative estimate of drug-likeness (QED) is 0.726. The number of amides is 2. The smallest absolute Gasteiger partial charge is 0.265 e. The van der Waals surface area contributed by atoms with Crippen LogP contribution in [-0.4, -0.2) is 54.4 Å². The van der Waals surface area contributed by atoms with Gasteiger partial charge in [0.05, 0.1) is 22.5 Å².